The molecule has 0 aliphatic carbocycles. The van der Waals surface area contributed by atoms with Gasteiger partial charge in [-0.3, -0.25) is 4.79 Å². The fraction of sp³-hybridized carbons (Fsp3) is 0.121. The molecule has 7 nitrogen and oxygen atoms in total. The summed E-state index contributed by atoms with van der Waals surface area (Å²) in [7, 11) is 1.59. The van der Waals surface area contributed by atoms with Crippen molar-refractivity contribution >= 4 is 46.7 Å². The first-order valence-electron chi connectivity index (χ1n) is 13.2. The van der Waals surface area contributed by atoms with Crippen LogP contribution >= 0.6 is 34.5 Å². The topological polar surface area (TPSA) is 82.0 Å². The average molecular weight is 633 g/mol. The zero-order valence-electron chi connectivity index (χ0n) is 23.3. The van der Waals surface area contributed by atoms with Crippen LogP contribution < -0.4 is 19.6 Å². The highest BCUT2D eigenvalue weighted by Crippen LogP contribution is 2.35. The van der Waals surface area contributed by atoms with Gasteiger partial charge in [0.2, 0.25) is 0 Å². The highest BCUT2D eigenvalue weighted by Gasteiger charge is 2.12. The molecule has 0 fully saturated rings. The van der Waals surface area contributed by atoms with Crippen molar-refractivity contribution in [3.8, 4) is 28.5 Å². The van der Waals surface area contributed by atoms with Gasteiger partial charge in [0.15, 0.2) is 17.2 Å². The van der Waals surface area contributed by atoms with E-state index in [1.165, 1.54) is 6.21 Å². The second kappa shape index (κ2) is 14.2. The van der Waals surface area contributed by atoms with Crippen LogP contribution in [0.3, 0.4) is 0 Å². The molecular formula is C33H27Cl2N3O4S. The van der Waals surface area contributed by atoms with E-state index in [1.807, 2.05) is 73.0 Å². The normalized spacial score (nSPS) is 11.0. The third-order valence-corrected chi connectivity index (χ3v) is 7.65. The molecule has 4 aromatic carbocycles. The Kier molecular flexibility index (Phi) is 9.94. The molecule has 0 aliphatic heterocycles. The third-order valence-electron chi connectivity index (χ3n) is 6.31. The monoisotopic (exact) mass is 631 g/mol. The van der Waals surface area contributed by atoms with E-state index in [0.29, 0.717) is 45.0 Å². The minimum Gasteiger partial charge on any atom is -0.493 e. The lowest BCUT2D eigenvalue weighted by molar-refractivity contribution is 0.0955. The van der Waals surface area contributed by atoms with Crippen LogP contribution in [-0.4, -0.2) is 24.2 Å². The Balaban J connectivity index is 1.17. The summed E-state index contributed by atoms with van der Waals surface area (Å²) in [6.07, 6.45) is 1.46. The van der Waals surface area contributed by atoms with Gasteiger partial charge in [0.1, 0.15) is 13.2 Å². The molecule has 10 heteroatoms. The number of hydrogen-bond acceptors (Lipinski definition) is 7. The Morgan fingerprint density at radius 3 is 2.30 bits per heavy atom. The Bertz CT molecular complexity index is 1720. The van der Waals surface area contributed by atoms with Crippen LogP contribution in [0.2, 0.25) is 10.0 Å². The van der Waals surface area contributed by atoms with Gasteiger partial charge >= 0.3 is 0 Å². The molecule has 0 bridgehead atoms. The number of thiazole rings is 1. The van der Waals surface area contributed by atoms with Gasteiger partial charge in [0.25, 0.3) is 5.91 Å². The Morgan fingerprint density at radius 1 is 0.907 bits per heavy atom. The van der Waals surface area contributed by atoms with E-state index in [-0.39, 0.29) is 12.5 Å². The molecule has 5 rings (SSSR count). The number of ether oxygens (including phenoxy) is 3. The van der Waals surface area contributed by atoms with E-state index in [0.717, 1.165) is 27.4 Å². The van der Waals surface area contributed by atoms with Crippen LogP contribution in [-0.2, 0) is 13.2 Å². The summed E-state index contributed by atoms with van der Waals surface area (Å²) in [5.74, 6) is 1.21. The molecule has 0 aliphatic rings. The van der Waals surface area contributed by atoms with Crippen molar-refractivity contribution in [2.75, 3.05) is 7.11 Å². The Morgan fingerprint density at radius 2 is 1.63 bits per heavy atom. The molecule has 0 saturated carbocycles. The first-order valence-corrected chi connectivity index (χ1v) is 14.8. The summed E-state index contributed by atoms with van der Waals surface area (Å²) in [6, 6.07) is 26.0. The van der Waals surface area contributed by atoms with Crippen molar-refractivity contribution in [2.24, 2.45) is 5.10 Å². The second-order valence-electron chi connectivity index (χ2n) is 9.39. The number of methoxy groups -OCH3 is 1. The fourth-order valence-corrected chi connectivity index (χ4v) is 5.36. The molecule has 0 radical (unpaired) electrons. The van der Waals surface area contributed by atoms with Crippen molar-refractivity contribution in [1.82, 2.24) is 10.4 Å². The molecule has 1 heterocycles. The molecule has 0 saturated heterocycles. The van der Waals surface area contributed by atoms with E-state index in [1.54, 1.807) is 42.7 Å². The summed E-state index contributed by atoms with van der Waals surface area (Å²) in [5, 5.41) is 7.64. The largest absolute Gasteiger partial charge is 0.493 e. The number of benzene rings is 4. The smallest absolute Gasteiger partial charge is 0.271 e. The van der Waals surface area contributed by atoms with Gasteiger partial charge in [-0.2, -0.15) is 5.10 Å². The standard InChI is InChI=1S/C33H27Cl2N3O4S/c1-21-37-29(20-43-21)25-9-11-26(12-10-25)33(39)38-36-17-24-14-27(34)32(28(35)15-24)42-19-23-8-13-30(31(16-23)40-2)41-18-22-6-4-3-5-7-22/h3-17,20H,18-19H2,1-2H3,(H,38,39)/b36-17+. The molecule has 1 aromatic heterocycles. The number of carbonyl (C=O) groups is 1. The first kappa shape index (κ1) is 30.1. The summed E-state index contributed by atoms with van der Waals surface area (Å²) in [5.41, 5.74) is 7.33. The fourth-order valence-electron chi connectivity index (χ4n) is 4.12. The molecule has 43 heavy (non-hydrogen) atoms. The molecular weight excluding hydrogens is 605 g/mol. The second-order valence-corrected chi connectivity index (χ2v) is 11.3. The van der Waals surface area contributed by atoms with E-state index in [2.05, 4.69) is 15.5 Å². The Hall–Kier alpha value is -4.37. The van der Waals surface area contributed by atoms with Crippen molar-refractivity contribution in [2.45, 2.75) is 20.1 Å². The average Bonchev–Trinajstić information content (AvgIpc) is 3.46. The maximum absolute atomic E-state index is 12.5. The minimum absolute atomic E-state index is 0.207. The maximum atomic E-state index is 12.5. The van der Waals surface area contributed by atoms with E-state index >= 15 is 0 Å². The molecule has 0 unspecified atom stereocenters. The lowest BCUT2D eigenvalue weighted by Crippen LogP contribution is -2.17. The molecule has 218 valence electrons. The first-order chi connectivity index (χ1) is 20.9. The van der Waals surface area contributed by atoms with Crippen LogP contribution in [0.4, 0.5) is 0 Å². The van der Waals surface area contributed by atoms with Crippen LogP contribution in [0.15, 0.2) is 95.4 Å². The number of rotatable bonds is 11. The predicted octanol–water partition coefficient (Wildman–Crippen LogP) is 8.36. The predicted molar refractivity (Wildman–Crippen MR) is 172 cm³/mol. The SMILES string of the molecule is COc1cc(COc2c(Cl)cc(/C=N/NC(=O)c3ccc(-c4csc(C)n4)cc3)cc2Cl)ccc1OCc1ccccc1. The number of halogens is 2. The number of nitrogens with one attached hydrogen (secondary N) is 1. The number of hydrazone groups is 1. The van der Waals surface area contributed by atoms with Crippen molar-refractivity contribution in [1.29, 1.82) is 0 Å². The van der Waals surface area contributed by atoms with Crippen LogP contribution in [0.1, 0.15) is 32.1 Å². The Labute approximate surface area is 263 Å². The quantitative estimate of drug-likeness (QED) is 0.117. The van der Waals surface area contributed by atoms with Crippen molar-refractivity contribution in [3.05, 3.63) is 128 Å². The number of nitrogens with zero attached hydrogens (tertiary/aromatic N) is 2. The van der Waals surface area contributed by atoms with Crippen molar-refractivity contribution < 1.29 is 19.0 Å². The lowest BCUT2D eigenvalue weighted by atomic mass is 10.1. The highest BCUT2D eigenvalue weighted by molar-refractivity contribution is 7.09. The van der Waals surface area contributed by atoms with Gasteiger partial charge < -0.3 is 14.2 Å². The number of carbonyl (C=O) groups excluding carboxylic acids is 1. The van der Waals surface area contributed by atoms with Gasteiger partial charge in [-0.05, 0) is 60.0 Å². The minimum atomic E-state index is -0.346. The van der Waals surface area contributed by atoms with Crippen molar-refractivity contribution in [3.63, 3.8) is 0 Å². The van der Waals surface area contributed by atoms with E-state index in [4.69, 9.17) is 37.4 Å². The van der Waals surface area contributed by atoms with Crippen LogP contribution in [0, 0.1) is 6.92 Å². The highest BCUT2D eigenvalue weighted by atomic mass is 35.5. The zero-order valence-corrected chi connectivity index (χ0v) is 25.7. The van der Waals surface area contributed by atoms with E-state index < -0.39 is 0 Å². The third kappa shape index (κ3) is 7.93. The summed E-state index contributed by atoms with van der Waals surface area (Å²) in [4.78, 5) is 17.0. The maximum Gasteiger partial charge on any atom is 0.271 e. The number of amides is 1. The van der Waals surface area contributed by atoms with Crippen LogP contribution in [0.5, 0.6) is 17.2 Å². The molecule has 5 aromatic rings. The number of hydrogen-bond donors (Lipinski definition) is 1. The molecule has 1 amide bonds. The van der Waals surface area contributed by atoms with Gasteiger partial charge in [-0.1, -0.05) is 71.7 Å². The number of aromatic nitrogens is 1. The van der Waals surface area contributed by atoms with Crippen LogP contribution in [0.25, 0.3) is 11.3 Å². The zero-order chi connectivity index (χ0) is 30.2. The summed E-state index contributed by atoms with van der Waals surface area (Å²) < 4.78 is 17.4. The lowest BCUT2D eigenvalue weighted by Gasteiger charge is -2.14. The summed E-state index contributed by atoms with van der Waals surface area (Å²) in [6.45, 7) is 2.59. The molecule has 0 atom stereocenters. The van der Waals surface area contributed by atoms with Gasteiger partial charge in [0, 0.05) is 16.5 Å². The van der Waals surface area contributed by atoms with Gasteiger partial charge in [0.05, 0.1) is 34.1 Å². The molecule has 0 spiro atoms. The van der Waals surface area contributed by atoms with Gasteiger partial charge in [-0.15, -0.1) is 11.3 Å². The van der Waals surface area contributed by atoms with E-state index in [9.17, 15) is 4.79 Å². The van der Waals surface area contributed by atoms with Gasteiger partial charge in [-0.25, -0.2) is 10.4 Å². The summed E-state index contributed by atoms with van der Waals surface area (Å²) >= 11 is 14.5. The molecule has 1 N–H and O–H groups in total. The number of aryl methyl sites for hydroxylation is 1.